The molecule has 2 aromatic rings. The minimum absolute atomic E-state index is 0.0582. The number of hydrogen-bond acceptors (Lipinski definition) is 4. The van der Waals surface area contributed by atoms with Crippen LogP contribution < -0.4 is 15.8 Å². The Morgan fingerprint density at radius 1 is 1.36 bits per heavy atom. The number of nitrogens with zero attached hydrogens (tertiary/aromatic N) is 1. The lowest BCUT2D eigenvalue weighted by Gasteiger charge is -2.24. The first kappa shape index (κ1) is 17.3. The Morgan fingerprint density at radius 3 is 3.00 bits per heavy atom. The van der Waals surface area contributed by atoms with Gasteiger partial charge in [0.1, 0.15) is 5.75 Å². The molecule has 1 aromatic carbocycles. The van der Waals surface area contributed by atoms with E-state index in [0.29, 0.717) is 12.3 Å². The zero-order valence-corrected chi connectivity index (χ0v) is 14.6. The largest absolute Gasteiger partial charge is 0.484 e. The summed E-state index contributed by atoms with van der Waals surface area (Å²) in [6.07, 6.45) is 2.02. The van der Waals surface area contributed by atoms with Crippen LogP contribution in [0, 0.1) is 0 Å². The van der Waals surface area contributed by atoms with E-state index in [9.17, 15) is 9.59 Å². The molecule has 1 saturated heterocycles. The standard InChI is InChI=1S/C18H21N3O3S/c19-17(22)11-24-15-4-1-3-13(9-15)10-20-18(23)21-7-2-5-16(21)14-6-8-25-12-14/h1,3-4,6,8-9,12,16H,2,5,7,10-11H2,(H2,19,22)(H,20,23). The number of thiophene rings is 1. The van der Waals surface area contributed by atoms with E-state index in [0.717, 1.165) is 24.9 Å². The predicted octanol–water partition coefficient (Wildman–Crippen LogP) is 2.66. The third-order valence-electron chi connectivity index (χ3n) is 4.16. The first-order valence-corrected chi connectivity index (χ1v) is 9.14. The maximum atomic E-state index is 12.5. The molecule has 0 bridgehead atoms. The van der Waals surface area contributed by atoms with Gasteiger partial charge in [-0.05, 0) is 52.9 Å². The number of benzene rings is 1. The summed E-state index contributed by atoms with van der Waals surface area (Å²) in [6.45, 7) is 1.01. The monoisotopic (exact) mass is 359 g/mol. The van der Waals surface area contributed by atoms with Gasteiger partial charge in [-0.25, -0.2) is 4.79 Å². The van der Waals surface area contributed by atoms with E-state index in [-0.39, 0.29) is 18.7 Å². The Labute approximate surface area is 150 Å². The Bertz CT molecular complexity index is 733. The summed E-state index contributed by atoms with van der Waals surface area (Å²) >= 11 is 1.65. The molecule has 1 fully saturated rings. The summed E-state index contributed by atoms with van der Waals surface area (Å²) in [6, 6.07) is 9.46. The summed E-state index contributed by atoms with van der Waals surface area (Å²) in [5, 5.41) is 7.12. The lowest BCUT2D eigenvalue weighted by Crippen LogP contribution is -2.39. The Kier molecular flexibility index (Phi) is 5.55. The first-order chi connectivity index (χ1) is 12.1. The number of urea groups is 1. The molecule has 25 heavy (non-hydrogen) atoms. The molecular formula is C18H21N3O3S. The van der Waals surface area contributed by atoms with Gasteiger partial charge in [-0.2, -0.15) is 11.3 Å². The second-order valence-electron chi connectivity index (χ2n) is 5.97. The fraction of sp³-hybridized carbons (Fsp3) is 0.333. The van der Waals surface area contributed by atoms with E-state index in [4.69, 9.17) is 10.5 Å². The zero-order chi connectivity index (χ0) is 17.6. The number of likely N-dealkylation sites (tertiary alicyclic amines) is 1. The molecule has 3 rings (SSSR count). The van der Waals surface area contributed by atoms with Crippen molar-refractivity contribution in [3.05, 3.63) is 52.2 Å². The first-order valence-electron chi connectivity index (χ1n) is 8.20. The molecule has 1 aliphatic heterocycles. The Balaban J connectivity index is 1.57. The number of nitrogens with two attached hydrogens (primary N) is 1. The molecule has 3 N–H and O–H groups in total. The van der Waals surface area contributed by atoms with E-state index in [1.54, 1.807) is 23.5 Å². The summed E-state index contributed by atoms with van der Waals surface area (Å²) in [5.74, 6) is 0.0371. The quantitative estimate of drug-likeness (QED) is 0.831. The second-order valence-corrected chi connectivity index (χ2v) is 6.75. The topological polar surface area (TPSA) is 84.7 Å². The van der Waals surface area contributed by atoms with Crippen molar-refractivity contribution in [2.45, 2.75) is 25.4 Å². The normalized spacial score (nSPS) is 16.6. The van der Waals surface area contributed by atoms with Crippen LogP contribution in [-0.4, -0.2) is 30.0 Å². The molecule has 7 heteroatoms. The average molecular weight is 359 g/mol. The molecule has 0 spiro atoms. The van der Waals surface area contributed by atoms with Gasteiger partial charge in [0.05, 0.1) is 6.04 Å². The van der Waals surface area contributed by atoms with Crippen molar-refractivity contribution in [2.24, 2.45) is 5.73 Å². The van der Waals surface area contributed by atoms with Crippen LogP contribution in [0.25, 0.3) is 0 Å². The lowest BCUT2D eigenvalue weighted by molar-refractivity contribution is -0.119. The van der Waals surface area contributed by atoms with E-state index in [1.807, 2.05) is 22.4 Å². The number of carbonyl (C=O) groups excluding carboxylic acids is 2. The number of rotatable bonds is 6. The highest BCUT2D eigenvalue weighted by Gasteiger charge is 2.29. The summed E-state index contributed by atoms with van der Waals surface area (Å²) in [7, 11) is 0. The molecule has 6 nitrogen and oxygen atoms in total. The second kappa shape index (κ2) is 8.02. The van der Waals surface area contributed by atoms with E-state index in [2.05, 4.69) is 16.8 Å². The predicted molar refractivity (Wildman–Crippen MR) is 96.4 cm³/mol. The fourth-order valence-corrected chi connectivity index (χ4v) is 3.71. The van der Waals surface area contributed by atoms with Gasteiger partial charge in [-0.3, -0.25) is 4.79 Å². The average Bonchev–Trinajstić information content (AvgIpc) is 3.29. The van der Waals surface area contributed by atoms with Crippen LogP contribution in [0.15, 0.2) is 41.1 Å². The van der Waals surface area contributed by atoms with Gasteiger partial charge < -0.3 is 20.7 Å². The van der Waals surface area contributed by atoms with Crippen LogP contribution in [0.1, 0.15) is 30.0 Å². The van der Waals surface area contributed by atoms with Gasteiger partial charge in [0.15, 0.2) is 6.61 Å². The number of nitrogens with one attached hydrogen (secondary N) is 1. The van der Waals surface area contributed by atoms with Gasteiger partial charge in [-0.1, -0.05) is 12.1 Å². The van der Waals surface area contributed by atoms with Crippen molar-refractivity contribution >= 4 is 23.3 Å². The van der Waals surface area contributed by atoms with Crippen LogP contribution in [0.2, 0.25) is 0 Å². The third-order valence-corrected chi connectivity index (χ3v) is 4.87. The highest BCUT2D eigenvalue weighted by atomic mass is 32.1. The SMILES string of the molecule is NC(=O)COc1cccc(CNC(=O)N2CCCC2c2ccsc2)c1. The number of carbonyl (C=O) groups is 2. The van der Waals surface area contributed by atoms with Gasteiger partial charge >= 0.3 is 6.03 Å². The molecule has 0 radical (unpaired) electrons. The third kappa shape index (κ3) is 4.51. The number of ether oxygens (including phenoxy) is 1. The minimum atomic E-state index is -0.521. The van der Waals surface area contributed by atoms with Crippen LogP contribution >= 0.6 is 11.3 Å². The van der Waals surface area contributed by atoms with E-state index >= 15 is 0 Å². The van der Waals surface area contributed by atoms with E-state index < -0.39 is 5.91 Å². The summed E-state index contributed by atoms with van der Waals surface area (Å²) in [5.41, 5.74) is 7.19. The van der Waals surface area contributed by atoms with Gasteiger partial charge in [-0.15, -0.1) is 0 Å². The van der Waals surface area contributed by atoms with Crippen molar-refractivity contribution in [1.29, 1.82) is 0 Å². The maximum Gasteiger partial charge on any atom is 0.318 e. The van der Waals surface area contributed by atoms with Crippen molar-refractivity contribution in [1.82, 2.24) is 10.2 Å². The van der Waals surface area contributed by atoms with Gasteiger partial charge in [0.2, 0.25) is 0 Å². The summed E-state index contributed by atoms with van der Waals surface area (Å²) in [4.78, 5) is 25.2. The van der Waals surface area contributed by atoms with Crippen molar-refractivity contribution in [3.63, 3.8) is 0 Å². The molecule has 1 aliphatic rings. The molecule has 2 heterocycles. The fourth-order valence-electron chi connectivity index (χ4n) is 3.00. The molecule has 0 aliphatic carbocycles. The molecule has 3 amide bonds. The molecular weight excluding hydrogens is 338 g/mol. The summed E-state index contributed by atoms with van der Waals surface area (Å²) < 4.78 is 5.28. The van der Waals surface area contributed by atoms with Crippen molar-refractivity contribution in [2.75, 3.05) is 13.2 Å². The van der Waals surface area contributed by atoms with E-state index in [1.165, 1.54) is 5.56 Å². The highest BCUT2D eigenvalue weighted by Crippen LogP contribution is 2.32. The van der Waals surface area contributed by atoms with Crippen molar-refractivity contribution in [3.8, 4) is 5.75 Å². The minimum Gasteiger partial charge on any atom is -0.484 e. The molecule has 1 unspecified atom stereocenters. The lowest BCUT2D eigenvalue weighted by atomic mass is 10.1. The number of primary amides is 1. The Morgan fingerprint density at radius 2 is 2.24 bits per heavy atom. The number of hydrogen-bond donors (Lipinski definition) is 2. The smallest absolute Gasteiger partial charge is 0.318 e. The zero-order valence-electron chi connectivity index (χ0n) is 13.8. The number of amides is 3. The molecule has 1 aromatic heterocycles. The highest BCUT2D eigenvalue weighted by molar-refractivity contribution is 7.07. The molecule has 0 saturated carbocycles. The molecule has 132 valence electrons. The van der Waals surface area contributed by atoms with Crippen LogP contribution in [0.5, 0.6) is 5.75 Å². The van der Waals surface area contributed by atoms with Gasteiger partial charge in [0, 0.05) is 13.1 Å². The Hall–Kier alpha value is -2.54. The van der Waals surface area contributed by atoms with Crippen LogP contribution in [-0.2, 0) is 11.3 Å². The van der Waals surface area contributed by atoms with Crippen LogP contribution in [0.4, 0.5) is 4.79 Å². The van der Waals surface area contributed by atoms with Crippen LogP contribution in [0.3, 0.4) is 0 Å². The van der Waals surface area contributed by atoms with Gasteiger partial charge in [0.25, 0.3) is 5.91 Å². The maximum absolute atomic E-state index is 12.5. The van der Waals surface area contributed by atoms with Crippen molar-refractivity contribution < 1.29 is 14.3 Å². The molecule has 1 atom stereocenters.